The molecule has 0 bridgehead atoms. The molecule has 0 aliphatic carbocycles. The highest BCUT2D eigenvalue weighted by Crippen LogP contribution is 2.27. The van der Waals surface area contributed by atoms with E-state index in [0.29, 0.717) is 12.1 Å². The lowest BCUT2D eigenvalue weighted by Gasteiger charge is -2.07. The summed E-state index contributed by atoms with van der Waals surface area (Å²) in [5, 5.41) is 3.99. The first kappa shape index (κ1) is 12.7. The summed E-state index contributed by atoms with van der Waals surface area (Å²) in [5.41, 5.74) is 0.790. The molecule has 18 heavy (non-hydrogen) atoms. The number of aromatic amines is 1. The maximum Gasteiger partial charge on any atom is 0.449 e. The van der Waals surface area contributed by atoms with Gasteiger partial charge in [0, 0.05) is 18.3 Å². The summed E-state index contributed by atoms with van der Waals surface area (Å²) in [6.45, 7) is 2.52. The quantitative estimate of drug-likeness (QED) is 0.856. The fraction of sp³-hybridized carbons (Fsp3) is 0.300. The van der Waals surface area contributed by atoms with Crippen molar-refractivity contribution in [3.8, 4) is 11.3 Å². The molecule has 1 N–H and O–H groups in total. The lowest BCUT2D eigenvalue weighted by Crippen LogP contribution is -2.11. The Hall–Kier alpha value is -1.70. The number of rotatable bonds is 2. The van der Waals surface area contributed by atoms with Crippen LogP contribution in [0.5, 0.6) is 0 Å². The normalized spacial score (nSPS) is 11.8. The maximum absolute atomic E-state index is 12.6. The van der Waals surface area contributed by atoms with Crippen LogP contribution in [0.1, 0.15) is 12.7 Å². The topological polar surface area (TPSA) is 46.5 Å². The highest BCUT2D eigenvalue weighted by molar-refractivity contribution is 7.71. The third-order valence-electron chi connectivity index (χ3n) is 2.28. The third-order valence-corrected chi connectivity index (χ3v) is 2.49. The van der Waals surface area contributed by atoms with Gasteiger partial charge in [-0.05, 0) is 13.0 Å². The van der Waals surface area contributed by atoms with Crippen molar-refractivity contribution < 1.29 is 13.2 Å². The van der Waals surface area contributed by atoms with Crippen molar-refractivity contribution in [3.05, 3.63) is 28.9 Å². The molecule has 4 nitrogen and oxygen atoms in total. The van der Waals surface area contributed by atoms with Gasteiger partial charge in [0.05, 0.1) is 11.9 Å². The smallest absolute Gasteiger partial charge is 0.335 e. The van der Waals surface area contributed by atoms with Crippen molar-refractivity contribution in [3.63, 3.8) is 0 Å². The highest BCUT2D eigenvalue weighted by Gasteiger charge is 2.34. The molecule has 0 unspecified atom stereocenters. The predicted molar refractivity (Wildman–Crippen MR) is 61.3 cm³/mol. The van der Waals surface area contributed by atoms with Crippen LogP contribution >= 0.6 is 12.2 Å². The standard InChI is InChI=1S/C10H9F3N4S/c1-2-17-5-6(4-14-17)7-3-8(18)16-9(15-7)10(11,12)13/h3-5H,2H2,1H3,(H,15,16,18). The number of halogens is 3. The number of hydrogen-bond acceptors (Lipinski definition) is 3. The average Bonchev–Trinajstić information content (AvgIpc) is 2.75. The number of nitrogens with zero attached hydrogens (tertiary/aromatic N) is 3. The Morgan fingerprint density at radius 1 is 1.44 bits per heavy atom. The van der Waals surface area contributed by atoms with E-state index in [1.54, 1.807) is 10.9 Å². The first-order valence-corrected chi connectivity index (χ1v) is 5.52. The lowest BCUT2D eigenvalue weighted by molar-refractivity contribution is -0.144. The Labute approximate surface area is 105 Å². The van der Waals surface area contributed by atoms with E-state index in [0.717, 1.165) is 0 Å². The molecule has 2 aromatic heterocycles. The lowest BCUT2D eigenvalue weighted by atomic mass is 10.2. The second-order valence-electron chi connectivity index (χ2n) is 3.56. The van der Waals surface area contributed by atoms with Gasteiger partial charge in [0.25, 0.3) is 0 Å². The monoisotopic (exact) mass is 274 g/mol. The number of aryl methyl sites for hydroxylation is 1. The van der Waals surface area contributed by atoms with Crippen LogP contribution in [0.4, 0.5) is 13.2 Å². The van der Waals surface area contributed by atoms with E-state index in [1.165, 1.54) is 12.3 Å². The molecule has 0 spiro atoms. The molecule has 2 aromatic rings. The Bertz CT molecular complexity index is 614. The summed E-state index contributed by atoms with van der Waals surface area (Å²) in [6.07, 6.45) is -1.44. The molecule has 0 saturated heterocycles. The minimum atomic E-state index is -4.55. The van der Waals surface area contributed by atoms with Crippen LogP contribution in [0.15, 0.2) is 18.5 Å². The number of alkyl halides is 3. The van der Waals surface area contributed by atoms with Crippen LogP contribution in [-0.4, -0.2) is 19.7 Å². The fourth-order valence-corrected chi connectivity index (χ4v) is 1.63. The molecule has 2 rings (SSSR count). The maximum atomic E-state index is 12.6. The largest absolute Gasteiger partial charge is 0.449 e. The molecule has 8 heteroatoms. The summed E-state index contributed by atoms with van der Waals surface area (Å²) < 4.78 is 39.2. The zero-order valence-corrected chi connectivity index (χ0v) is 10.1. The van der Waals surface area contributed by atoms with Crippen LogP contribution in [0.3, 0.4) is 0 Å². The predicted octanol–water partition coefficient (Wildman–Crippen LogP) is 3.04. The van der Waals surface area contributed by atoms with Crippen LogP contribution in [-0.2, 0) is 12.7 Å². The van der Waals surface area contributed by atoms with E-state index in [-0.39, 0.29) is 10.3 Å². The van der Waals surface area contributed by atoms with Crippen molar-refractivity contribution in [2.75, 3.05) is 0 Å². The van der Waals surface area contributed by atoms with Gasteiger partial charge in [-0.2, -0.15) is 18.3 Å². The summed E-state index contributed by atoms with van der Waals surface area (Å²) >= 11 is 4.73. The van der Waals surface area contributed by atoms with Gasteiger partial charge in [-0.15, -0.1) is 0 Å². The van der Waals surface area contributed by atoms with E-state index in [1.807, 2.05) is 6.92 Å². The van der Waals surface area contributed by atoms with E-state index >= 15 is 0 Å². The van der Waals surface area contributed by atoms with E-state index in [2.05, 4.69) is 15.1 Å². The number of hydrogen-bond donors (Lipinski definition) is 1. The molecule has 0 amide bonds. The molecular formula is C10H9F3N4S. The highest BCUT2D eigenvalue weighted by atomic mass is 32.1. The van der Waals surface area contributed by atoms with Gasteiger partial charge in [0.15, 0.2) is 0 Å². The molecular weight excluding hydrogens is 265 g/mol. The molecule has 0 aliphatic heterocycles. The molecule has 0 fully saturated rings. The van der Waals surface area contributed by atoms with Gasteiger partial charge in [0.2, 0.25) is 5.82 Å². The zero-order valence-electron chi connectivity index (χ0n) is 9.32. The van der Waals surface area contributed by atoms with Crippen molar-refractivity contribution >= 4 is 12.2 Å². The van der Waals surface area contributed by atoms with Crippen molar-refractivity contribution in [1.29, 1.82) is 0 Å². The minimum absolute atomic E-state index is 0.111. The molecule has 0 aliphatic rings. The van der Waals surface area contributed by atoms with Gasteiger partial charge >= 0.3 is 6.18 Å². The number of nitrogens with one attached hydrogen (secondary N) is 1. The van der Waals surface area contributed by atoms with Crippen LogP contribution in [0, 0.1) is 4.64 Å². The summed E-state index contributed by atoms with van der Waals surface area (Å²) in [7, 11) is 0. The fourth-order valence-electron chi connectivity index (χ4n) is 1.42. The molecule has 0 aromatic carbocycles. The van der Waals surface area contributed by atoms with Crippen molar-refractivity contribution in [1.82, 2.24) is 19.7 Å². The molecule has 0 saturated carbocycles. The Kier molecular flexibility index (Phi) is 3.20. The SMILES string of the molecule is CCn1cc(-c2cc(=S)nc(C(F)(F)F)[nH]2)cn1. The van der Waals surface area contributed by atoms with E-state index < -0.39 is 12.0 Å². The Morgan fingerprint density at radius 3 is 2.72 bits per heavy atom. The van der Waals surface area contributed by atoms with Gasteiger partial charge in [-0.3, -0.25) is 4.68 Å². The number of aromatic nitrogens is 4. The van der Waals surface area contributed by atoms with Gasteiger partial charge in [-0.25, -0.2) is 4.98 Å². The second kappa shape index (κ2) is 4.52. The Balaban J connectivity index is 2.51. The van der Waals surface area contributed by atoms with Gasteiger partial charge in [0.1, 0.15) is 4.64 Å². The summed E-state index contributed by atoms with van der Waals surface area (Å²) in [4.78, 5) is 5.49. The van der Waals surface area contributed by atoms with Crippen molar-refractivity contribution in [2.24, 2.45) is 0 Å². The molecule has 0 radical (unpaired) electrons. The zero-order chi connectivity index (χ0) is 13.3. The van der Waals surface area contributed by atoms with Gasteiger partial charge < -0.3 is 4.98 Å². The third kappa shape index (κ3) is 2.58. The molecule has 96 valence electrons. The number of H-pyrrole nitrogens is 1. The second-order valence-corrected chi connectivity index (χ2v) is 3.98. The first-order chi connectivity index (χ1) is 8.40. The van der Waals surface area contributed by atoms with Crippen LogP contribution in [0.25, 0.3) is 11.3 Å². The minimum Gasteiger partial charge on any atom is -0.335 e. The van der Waals surface area contributed by atoms with E-state index in [9.17, 15) is 13.2 Å². The van der Waals surface area contributed by atoms with E-state index in [4.69, 9.17) is 12.2 Å². The van der Waals surface area contributed by atoms with Crippen molar-refractivity contribution in [2.45, 2.75) is 19.6 Å². The van der Waals surface area contributed by atoms with Crippen LogP contribution < -0.4 is 0 Å². The van der Waals surface area contributed by atoms with Gasteiger partial charge in [-0.1, -0.05) is 12.2 Å². The Morgan fingerprint density at radius 2 is 2.17 bits per heavy atom. The van der Waals surface area contributed by atoms with Crippen LogP contribution in [0.2, 0.25) is 0 Å². The molecule has 0 atom stereocenters. The average molecular weight is 274 g/mol. The summed E-state index contributed by atoms with van der Waals surface area (Å²) in [5.74, 6) is -1.10. The first-order valence-electron chi connectivity index (χ1n) is 5.11. The summed E-state index contributed by atoms with van der Waals surface area (Å²) in [6, 6.07) is 1.38. The molecule has 2 heterocycles.